The van der Waals surface area contributed by atoms with E-state index in [2.05, 4.69) is 16.0 Å². The second-order valence-corrected chi connectivity index (χ2v) is 8.58. The minimum atomic E-state index is -1.05. The quantitative estimate of drug-likeness (QED) is 0.315. The minimum Gasteiger partial charge on any atom is -0.494 e. The van der Waals surface area contributed by atoms with Gasteiger partial charge in [0.1, 0.15) is 5.75 Å². The molecule has 0 aliphatic carbocycles. The molecule has 10 nitrogen and oxygen atoms in total. The summed E-state index contributed by atoms with van der Waals surface area (Å²) in [5.41, 5.74) is 3.61. The second-order valence-electron chi connectivity index (χ2n) is 8.58. The number of nitrogens with one attached hydrogen (secondary N) is 3. The van der Waals surface area contributed by atoms with Gasteiger partial charge in [-0.15, -0.1) is 0 Å². The largest absolute Gasteiger partial charge is 0.494 e. The Morgan fingerprint density at radius 1 is 0.895 bits per heavy atom. The number of anilines is 4. The van der Waals surface area contributed by atoms with Crippen molar-refractivity contribution in [3.8, 4) is 5.75 Å². The fourth-order valence-corrected chi connectivity index (χ4v) is 3.95. The molecule has 1 atom stereocenters. The van der Waals surface area contributed by atoms with E-state index in [4.69, 9.17) is 4.74 Å². The Balaban J connectivity index is 1.84. The number of aliphatic carboxylic acids is 1. The van der Waals surface area contributed by atoms with Crippen LogP contribution in [-0.2, 0) is 14.4 Å². The minimum absolute atomic E-state index is 0.276. The molecule has 198 valence electrons. The van der Waals surface area contributed by atoms with Crippen LogP contribution in [0.3, 0.4) is 0 Å². The number of ether oxygens (including phenoxy) is 1. The van der Waals surface area contributed by atoms with Crippen molar-refractivity contribution in [1.82, 2.24) is 5.32 Å². The Kier molecular flexibility index (Phi) is 9.04. The summed E-state index contributed by atoms with van der Waals surface area (Å²) < 4.78 is 5.47. The van der Waals surface area contributed by atoms with Crippen LogP contribution < -0.4 is 25.6 Å². The molecule has 0 aliphatic heterocycles. The topological polar surface area (TPSA) is 137 Å². The zero-order valence-electron chi connectivity index (χ0n) is 21.6. The van der Waals surface area contributed by atoms with Gasteiger partial charge in [-0.3, -0.25) is 19.3 Å². The van der Waals surface area contributed by atoms with Crippen molar-refractivity contribution < 1.29 is 29.0 Å². The van der Waals surface area contributed by atoms with Crippen LogP contribution in [0.1, 0.15) is 37.4 Å². The lowest BCUT2D eigenvalue weighted by Crippen LogP contribution is -2.28. The highest BCUT2D eigenvalue weighted by Gasteiger charge is 2.20. The van der Waals surface area contributed by atoms with Crippen LogP contribution in [0.5, 0.6) is 5.75 Å². The molecule has 0 aromatic heterocycles. The highest BCUT2D eigenvalue weighted by atomic mass is 16.5. The summed E-state index contributed by atoms with van der Waals surface area (Å²) in [6.07, 6.45) is -0.279. The Morgan fingerprint density at radius 3 is 2.11 bits per heavy atom. The van der Waals surface area contributed by atoms with E-state index in [1.165, 1.54) is 25.9 Å². The van der Waals surface area contributed by atoms with Crippen molar-refractivity contribution in [1.29, 1.82) is 0 Å². The molecule has 0 spiro atoms. The second kappa shape index (κ2) is 12.4. The SMILES string of the molecule is COc1cc(N(C(C)=O)c2ccc(C(CC(=O)O)NC(C)=O)cc2)ccc1NC(=O)Nc1ccccc1C. The third-order valence-electron chi connectivity index (χ3n) is 5.71. The Morgan fingerprint density at radius 2 is 1.53 bits per heavy atom. The van der Waals surface area contributed by atoms with Crippen molar-refractivity contribution in [3.05, 3.63) is 77.9 Å². The van der Waals surface area contributed by atoms with E-state index >= 15 is 0 Å². The smallest absolute Gasteiger partial charge is 0.323 e. The van der Waals surface area contributed by atoms with Crippen molar-refractivity contribution >= 4 is 46.6 Å². The highest BCUT2D eigenvalue weighted by molar-refractivity contribution is 6.02. The van der Waals surface area contributed by atoms with Crippen LogP contribution in [0.25, 0.3) is 0 Å². The van der Waals surface area contributed by atoms with Gasteiger partial charge in [0.25, 0.3) is 0 Å². The van der Waals surface area contributed by atoms with Crippen molar-refractivity contribution in [2.45, 2.75) is 33.2 Å². The average Bonchev–Trinajstić information content (AvgIpc) is 2.85. The van der Waals surface area contributed by atoms with Gasteiger partial charge in [-0.1, -0.05) is 30.3 Å². The van der Waals surface area contributed by atoms with Crippen LogP contribution in [0, 0.1) is 6.92 Å². The summed E-state index contributed by atoms with van der Waals surface area (Å²) in [4.78, 5) is 49.4. The zero-order valence-corrected chi connectivity index (χ0v) is 21.6. The fraction of sp³-hybridized carbons (Fsp3) is 0.214. The summed E-state index contributed by atoms with van der Waals surface area (Å²) in [5.74, 6) is -1.33. The number of hydrogen-bond acceptors (Lipinski definition) is 5. The zero-order chi connectivity index (χ0) is 27.8. The number of amides is 4. The van der Waals surface area contributed by atoms with E-state index in [0.717, 1.165) is 5.56 Å². The number of para-hydroxylation sites is 1. The Hall–Kier alpha value is -4.86. The first-order chi connectivity index (χ1) is 18.1. The van der Waals surface area contributed by atoms with Gasteiger partial charge in [0.2, 0.25) is 11.8 Å². The van der Waals surface area contributed by atoms with Gasteiger partial charge in [-0.05, 0) is 48.4 Å². The van der Waals surface area contributed by atoms with Crippen LogP contribution in [0.4, 0.5) is 27.5 Å². The molecule has 0 bridgehead atoms. The van der Waals surface area contributed by atoms with Gasteiger partial charge in [0.05, 0.1) is 30.9 Å². The lowest BCUT2D eigenvalue weighted by Gasteiger charge is -2.24. The van der Waals surface area contributed by atoms with Gasteiger partial charge in [0, 0.05) is 31.3 Å². The first-order valence-corrected chi connectivity index (χ1v) is 11.8. The first-order valence-electron chi connectivity index (χ1n) is 11.8. The van der Waals surface area contributed by atoms with Crippen molar-refractivity contribution in [2.75, 3.05) is 22.6 Å². The molecule has 0 aliphatic rings. The van der Waals surface area contributed by atoms with Gasteiger partial charge in [-0.25, -0.2) is 4.79 Å². The number of carboxylic acid groups (broad SMARTS) is 1. The highest BCUT2D eigenvalue weighted by Crippen LogP contribution is 2.34. The fourth-order valence-electron chi connectivity index (χ4n) is 3.95. The van der Waals surface area contributed by atoms with Gasteiger partial charge in [-0.2, -0.15) is 0 Å². The molecule has 3 rings (SSSR count). The Labute approximate surface area is 220 Å². The molecule has 4 amide bonds. The number of rotatable bonds is 9. The van der Waals surface area contributed by atoms with Crippen LogP contribution in [0.15, 0.2) is 66.7 Å². The number of carbonyl (C=O) groups is 4. The normalized spacial score (nSPS) is 11.2. The molecule has 38 heavy (non-hydrogen) atoms. The molecular formula is C28H30N4O6. The molecular weight excluding hydrogens is 488 g/mol. The predicted molar refractivity (Wildman–Crippen MR) is 145 cm³/mol. The van der Waals surface area contributed by atoms with Gasteiger partial charge in [0.15, 0.2) is 0 Å². The molecule has 1 unspecified atom stereocenters. The van der Waals surface area contributed by atoms with E-state index < -0.39 is 18.0 Å². The number of benzene rings is 3. The third-order valence-corrected chi connectivity index (χ3v) is 5.71. The number of carboxylic acids is 1. The van der Waals surface area contributed by atoms with Crippen molar-refractivity contribution in [3.63, 3.8) is 0 Å². The summed E-state index contributed by atoms with van der Waals surface area (Å²) in [6.45, 7) is 4.62. The van der Waals surface area contributed by atoms with E-state index in [1.54, 1.807) is 48.5 Å². The first kappa shape index (κ1) is 27.7. The van der Waals surface area contributed by atoms with Gasteiger partial charge >= 0.3 is 12.0 Å². The number of carbonyl (C=O) groups excluding carboxylic acids is 3. The molecule has 0 heterocycles. The standard InChI is InChI=1S/C28H30N4O6/c1-17-7-5-6-8-23(17)30-28(37)31-24-14-13-22(15-26(24)38-4)32(19(3)34)21-11-9-20(10-12-21)25(16-27(35)36)29-18(2)33/h5-15,25H,16H2,1-4H3,(H,29,33)(H,35,36)(H2,30,31,37). The summed E-state index contributed by atoms with van der Waals surface area (Å²) >= 11 is 0. The molecule has 0 radical (unpaired) electrons. The number of hydrogen-bond donors (Lipinski definition) is 4. The summed E-state index contributed by atoms with van der Waals surface area (Å²) in [7, 11) is 1.46. The maximum atomic E-state index is 12.6. The monoisotopic (exact) mass is 518 g/mol. The number of methoxy groups -OCH3 is 1. The Bertz CT molecular complexity index is 1320. The molecule has 3 aromatic carbocycles. The van der Waals surface area contributed by atoms with Crippen LogP contribution in [0.2, 0.25) is 0 Å². The van der Waals surface area contributed by atoms with Gasteiger partial charge < -0.3 is 25.8 Å². The predicted octanol–water partition coefficient (Wildman–Crippen LogP) is 4.98. The van der Waals surface area contributed by atoms with Crippen LogP contribution >= 0.6 is 0 Å². The van der Waals surface area contributed by atoms with E-state index in [9.17, 15) is 24.3 Å². The maximum absolute atomic E-state index is 12.6. The van der Waals surface area contributed by atoms with E-state index in [1.807, 2.05) is 25.1 Å². The average molecular weight is 519 g/mol. The summed E-state index contributed by atoms with van der Waals surface area (Å²) in [6, 6.07) is 17.8. The molecule has 3 aromatic rings. The lowest BCUT2D eigenvalue weighted by molar-refractivity contribution is -0.137. The maximum Gasteiger partial charge on any atom is 0.323 e. The summed E-state index contributed by atoms with van der Waals surface area (Å²) in [5, 5.41) is 17.4. The molecule has 0 saturated heterocycles. The molecule has 4 N–H and O–H groups in total. The molecule has 10 heteroatoms. The number of aryl methyl sites for hydroxylation is 1. The number of nitrogens with zero attached hydrogens (tertiary/aromatic N) is 1. The van der Waals surface area contributed by atoms with E-state index in [-0.39, 0.29) is 18.2 Å². The van der Waals surface area contributed by atoms with E-state index in [0.29, 0.717) is 34.1 Å². The molecule has 0 fully saturated rings. The third kappa shape index (κ3) is 7.10. The number of urea groups is 1. The lowest BCUT2D eigenvalue weighted by atomic mass is 10.0. The van der Waals surface area contributed by atoms with Crippen LogP contribution in [-0.4, -0.2) is 36.0 Å². The molecule has 0 saturated carbocycles. The van der Waals surface area contributed by atoms with Crippen molar-refractivity contribution in [2.24, 2.45) is 0 Å².